The third-order valence-electron chi connectivity index (χ3n) is 3.29. The maximum atomic E-state index is 11.9. The average Bonchev–Trinajstić information content (AvgIpc) is 2.25. The van der Waals surface area contributed by atoms with E-state index in [0.717, 1.165) is 25.9 Å². The number of hydrogen-bond acceptors (Lipinski definition) is 3. The Kier molecular flexibility index (Phi) is 5.14. The second-order valence-electron chi connectivity index (χ2n) is 6.12. The Morgan fingerprint density at radius 3 is 2.56 bits per heavy atom. The molecule has 0 radical (unpaired) electrons. The lowest BCUT2D eigenvalue weighted by Crippen LogP contribution is -2.49. The molecule has 1 amide bonds. The second-order valence-corrected chi connectivity index (χ2v) is 6.12. The van der Waals surface area contributed by atoms with Crippen LogP contribution >= 0.6 is 0 Å². The summed E-state index contributed by atoms with van der Waals surface area (Å²) in [5, 5.41) is 15.0. The van der Waals surface area contributed by atoms with Crippen LogP contribution in [0.25, 0.3) is 0 Å². The molecule has 5 heteroatoms. The molecule has 0 aromatic carbocycles. The summed E-state index contributed by atoms with van der Waals surface area (Å²) < 4.78 is 0. The number of carboxylic acid groups (broad SMARTS) is 1. The van der Waals surface area contributed by atoms with Gasteiger partial charge in [0, 0.05) is 6.42 Å². The van der Waals surface area contributed by atoms with Crippen LogP contribution in [0.4, 0.5) is 0 Å². The number of carbonyl (C=O) groups is 2. The van der Waals surface area contributed by atoms with Crippen molar-refractivity contribution in [2.45, 2.75) is 46.1 Å². The SMILES string of the molecule is CC(C)(C)[C@@H](NC(=O)CC1CCCNC1)C(=O)O. The molecule has 1 saturated heterocycles. The van der Waals surface area contributed by atoms with E-state index in [2.05, 4.69) is 10.6 Å². The molecule has 1 heterocycles. The number of aliphatic carboxylic acids is 1. The van der Waals surface area contributed by atoms with E-state index in [0.29, 0.717) is 12.3 Å². The topological polar surface area (TPSA) is 78.4 Å². The van der Waals surface area contributed by atoms with Crippen LogP contribution in [-0.4, -0.2) is 36.1 Å². The van der Waals surface area contributed by atoms with Crippen molar-refractivity contribution >= 4 is 11.9 Å². The first-order valence-corrected chi connectivity index (χ1v) is 6.53. The molecule has 0 bridgehead atoms. The van der Waals surface area contributed by atoms with Crippen molar-refractivity contribution in [1.29, 1.82) is 0 Å². The van der Waals surface area contributed by atoms with E-state index >= 15 is 0 Å². The van der Waals surface area contributed by atoms with Gasteiger partial charge in [-0.3, -0.25) is 4.79 Å². The van der Waals surface area contributed by atoms with Gasteiger partial charge in [0.05, 0.1) is 0 Å². The van der Waals surface area contributed by atoms with E-state index in [-0.39, 0.29) is 5.91 Å². The van der Waals surface area contributed by atoms with Crippen LogP contribution in [0.5, 0.6) is 0 Å². The van der Waals surface area contributed by atoms with Crippen molar-refractivity contribution < 1.29 is 14.7 Å². The minimum absolute atomic E-state index is 0.161. The molecule has 1 aliphatic rings. The van der Waals surface area contributed by atoms with Gasteiger partial charge < -0.3 is 15.7 Å². The summed E-state index contributed by atoms with van der Waals surface area (Å²) >= 11 is 0. The van der Waals surface area contributed by atoms with Crippen LogP contribution in [0.3, 0.4) is 0 Å². The van der Waals surface area contributed by atoms with Crippen LogP contribution in [-0.2, 0) is 9.59 Å². The molecule has 1 unspecified atom stereocenters. The normalized spacial score (nSPS) is 22.3. The lowest BCUT2D eigenvalue weighted by atomic mass is 9.86. The fourth-order valence-electron chi connectivity index (χ4n) is 2.23. The van der Waals surface area contributed by atoms with Crippen molar-refractivity contribution in [2.24, 2.45) is 11.3 Å². The smallest absolute Gasteiger partial charge is 0.326 e. The number of hydrogen-bond donors (Lipinski definition) is 3. The number of nitrogens with one attached hydrogen (secondary N) is 2. The molecule has 104 valence electrons. The standard InChI is InChI=1S/C13H24N2O3/c1-13(2,3)11(12(17)18)15-10(16)7-9-5-4-6-14-8-9/h9,11,14H,4-8H2,1-3H3,(H,15,16)(H,17,18)/t9?,11-/m0/s1. The first-order valence-electron chi connectivity index (χ1n) is 6.53. The Morgan fingerprint density at radius 2 is 2.11 bits per heavy atom. The lowest BCUT2D eigenvalue weighted by Gasteiger charge is -2.29. The van der Waals surface area contributed by atoms with Crippen LogP contribution in [0, 0.1) is 11.3 Å². The van der Waals surface area contributed by atoms with Gasteiger partial charge in [-0.25, -0.2) is 4.79 Å². The van der Waals surface area contributed by atoms with Gasteiger partial charge in [0.1, 0.15) is 6.04 Å². The minimum Gasteiger partial charge on any atom is -0.480 e. The van der Waals surface area contributed by atoms with Crippen molar-refractivity contribution in [3.63, 3.8) is 0 Å². The summed E-state index contributed by atoms with van der Waals surface area (Å²) in [5.74, 6) is -0.809. The Bertz CT molecular complexity index is 304. The zero-order valence-electron chi connectivity index (χ0n) is 11.5. The van der Waals surface area contributed by atoms with E-state index in [1.54, 1.807) is 0 Å². The van der Waals surface area contributed by atoms with Crippen LogP contribution in [0.1, 0.15) is 40.0 Å². The van der Waals surface area contributed by atoms with E-state index in [9.17, 15) is 9.59 Å². The highest BCUT2D eigenvalue weighted by Crippen LogP contribution is 2.20. The summed E-state index contributed by atoms with van der Waals surface area (Å²) in [6, 6.07) is -0.832. The highest BCUT2D eigenvalue weighted by Gasteiger charge is 2.33. The van der Waals surface area contributed by atoms with Gasteiger partial charge in [0.25, 0.3) is 0 Å². The van der Waals surface area contributed by atoms with Gasteiger partial charge in [-0.1, -0.05) is 20.8 Å². The van der Waals surface area contributed by atoms with Gasteiger partial charge in [0.2, 0.25) is 5.91 Å². The number of rotatable bonds is 4. The molecular weight excluding hydrogens is 232 g/mol. The largest absolute Gasteiger partial charge is 0.480 e. The van der Waals surface area contributed by atoms with Gasteiger partial charge in [0.15, 0.2) is 0 Å². The summed E-state index contributed by atoms with van der Waals surface area (Å²) in [5.41, 5.74) is -0.480. The third-order valence-corrected chi connectivity index (χ3v) is 3.29. The van der Waals surface area contributed by atoms with Crippen molar-refractivity contribution in [2.75, 3.05) is 13.1 Å². The summed E-state index contributed by atoms with van der Waals surface area (Å²) in [6.07, 6.45) is 2.53. The zero-order valence-corrected chi connectivity index (χ0v) is 11.5. The number of amides is 1. The lowest BCUT2D eigenvalue weighted by molar-refractivity contribution is -0.145. The predicted molar refractivity (Wildman–Crippen MR) is 69.2 cm³/mol. The maximum absolute atomic E-state index is 11.9. The quantitative estimate of drug-likeness (QED) is 0.701. The molecule has 2 atom stereocenters. The molecule has 3 N–H and O–H groups in total. The fourth-order valence-corrected chi connectivity index (χ4v) is 2.23. The predicted octanol–water partition coefficient (Wildman–Crippen LogP) is 0.992. The van der Waals surface area contributed by atoms with E-state index in [1.165, 1.54) is 0 Å². The first kappa shape index (κ1) is 15.0. The molecule has 0 spiro atoms. The third kappa shape index (κ3) is 4.64. The molecule has 18 heavy (non-hydrogen) atoms. The van der Waals surface area contributed by atoms with E-state index in [1.807, 2.05) is 20.8 Å². The molecule has 0 aromatic rings. The maximum Gasteiger partial charge on any atom is 0.326 e. The molecule has 0 saturated carbocycles. The number of carbonyl (C=O) groups excluding carboxylic acids is 1. The molecule has 5 nitrogen and oxygen atoms in total. The fraction of sp³-hybridized carbons (Fsp3) is 0.846. The molecule has 0 aliphatic carbocycles. The number of piperidine rings is 1. The van der Waals surface area contributed by atoms with Crippen LogP contribution in [0.15, 0.2) is 0 Å². The van der Waals surface area contributed by atoms with E-state index < -0.39 is 17.4 Å². The highest BCUT2D eigenvalue weighted by molar-refractivity contribution is 5.84. The van der Waals surface area contributed by atoms with Gasteiger partial charge in [-0.15, -0.1) is 0 Å². The monoisotopic (exact) mass is 256 g/mol. The Hall–Kier alpha value is -1.10. The Morgan fingerprint density at radius 1 is 1.44 bits per heavy atom. The van der Waals surface area contributed by atoms with E-state index in [4.69, 9.17) is 5.11 Å². The molecule has 0 aromatic heterocycles. The zero-order chi connectivity index (χ0) is 13.8. The Balaban J connectivity index is 2.48. The first-order chi connectivity index (χ1) is 8.30. The highest BCUT2D eigenvalue weighted by atomic mass is 16.4. The summed E-state index contributed by atoms with van der Waals surface area (Å²) in [4.78, 5) is 23.0. The van der Waals surface area contributed by atoms with Gasteiger partial charge in [-0.2, -0.15) is 0 Å². The van der Waals surface area contributed by atoms with Crippen LogP contribution in [0.2, 0.25) is 0 Å². The van der Waals surface area contributed by atoms with Crippen molar-refractivity contribution in [1.82, 2.24) is 10.6 Å². The van der Waals surface area contributed by atoms with Gasteiger partial charge >= 0.3 is 5.97 Å². The van der Waals surface area contributed by atoms with Crippen LogP contribution < -0.4 is 10.6 Å². The molecule has 1 fully saturated rings. The minimum atomic E-state index is -0.974. The van der Waals surface area contributed by atoms with Gasteiger partial charge in [-0.05, 0) is 37.3 Å². The molecule has 1 aliphatic heterocycles. The molecular formula is C13H24N2O3. The second kappa shape index (κ2) is 6.18. The molecule has 1 rings (SSSR count). The summed E-state index contributed by atoms with van der Waals surface area (Å²) in [6.45, 7) is 7.30. The Labute approximate surface area is 108 Å². The van der Waals surface area contributed by atoms with Crippen molar-refractivity contribution in [3.8, 4) is 0 Å². The number of carboxylic acids is 1. The summed E-state index contributed by atoms with van der Waals surface area (Å²) in [7, 11) is 0. The average molecular weight is 256 g/mol. The van der Waals surface area contributed by atoms with Crippen molar-refractivity contribution in [3.05, 3.63) is 0 Å².